The van der Waals surface area contributed by atoms with E-state index in [2.05, 4.69) is 9.88 Å². The Kier molecular flexibility index (Phi) is 6.60. The lowest BCUT2D eigenvalue weighted by Gasteiger charge is -2.25. The van der Waals surface area contributed by atoms with Gasteiger partial charge in [-0.15, -0.1) is 0 Å². The molecule has 1 N–H and O–H groups in total. The van der Waals surface area contributed by atoms with E-state index >= 15 is 0 Å². The third-order valence-electron chi connectivity index (χ3n) is 5.84. The Balaban J connectivity index is 1.37. The molecule has 182 valence electrons. The number of hydrogen-bond acceptors (Lipinski definition) is 5. The topological polar surface area (TPSA) is 93.8 Å². The quantitative estimate of drug-likeness (QED) is 0.207. The van der Waals surface area contributed by atoms with Crippen LogP contribution in [0.4, 0.5) is 4.79 Å². The smallest absolute Gasteiger partial charge is 0.331 e. The molecule has 3 heterocycles. The second-order valence-corrected chi connectivity index (χ2v) is 8.62. The lowest BCUT2D eigenvalue weighted by atomic mass is 10.1. The zero-order valence-corrected chi connectivity index (χ0v) is 19.9. The van der Waals surface area contributed by atoms with Gasteiger partial charge in [-0.1, -0.05) is 41.9 Å². The summed E-state index contributed by atoms with van der Waals surface area (Å²) in [5.41, 5.74) is 1.53. The summed E-state index contributed by atoms with van der Waals surface area (Å²) in [5, 5.41) is 3.69. The Morgan fingerprint density at radius 1 is 1.00 bits per heavy atom. The van der Waals surface area contributed by atoms with Crippen LogP contribution in [0.25, 0.3) is 17.0 Å². The second-order valence-electron chi connectivity index (χ2n) is 8.22. The molecule has 0 bridgehead atoms. The number of amides is 4. The van der Waals surface area contributed by atoms with Crippen molar-refractivity contribution in [3.63, 3.8) is 0 Å². The van der Waals surface area contributed by atoms with Crippen molar-refractivity contribution in [1.82, 2.24) is 14.8 Å². The molecular weight excluding hydrogens is 482 g/mol. The van der Waals surface area contributed by atoms with Crippen molar-refractivity contribution in [3.05, 3.63) is 95.0 Å². The average molecular weight is 504 g/mol. The van der Waals surface area contributed by atoms with Gasteiger partial charge in [0.1, 0.15) is 17.1 Å². The number of halogens is 1. The standard InChI is InChI=1S/C27H22ClN3O5/c28-22-9-2-4-11-24(22)36-14-6-12-30-16-18(20-8-1-3-10-23(20)30)15-21-25(32)29-27(34)31(26(21)33)17-19-7-5-13-35-19/h1-5,7-11,13,15-16H,6,12,14,17H2,(H,29,32,34). The first-order chi connectivity index (χ1) is 17.5. The molecule has 1 aliphatic rings. The Labute approximate surface area is 211 Å². The van der Waals surface area contributed by atoms with Crippen molar-refractivity contribution in [2.24, 2.45) is 0 Å². The van der Waals surface area contributed by atoms with E-state index in [0.29, 0.717) is 41.7 Å². The van der Waals surface area contributed by atoms with Gasteiger partial charge in [-0.25, -0.2) is 4.79 Å². The number of imide groups is 2. The van der Waals surface area contributed by atoms with E-state index in [9.17, 15) is 14.4 Å². The predicted octanol–water partition coefficient (Wildman–Crippen LogP) is 5.02. The molecule has 0 radical (unpaired) electrons. The van der Waals surface area contributed by atoms with E-state index in [0.717, 1.165) is 15.8 Å². The first-order valence-corrected chi connectivity index (χ1v) is 11.8. The Morgan fingerprint density at radius 3 is 2.61 bits per heavy atom. The maximum Gasteiger partial charge on any atom is 0.331 e. The number of ether oxygens (including phenoxy) is 1. The van der Waals surface area contributed by atoms with Gasteiger partial charge in [-0.3, -0.25) is 19.8 Å². The Bertz CT molecular complexity index is 1470. The highest BCUT2D eigenvalue weighted by atomic mass is 35.5. The summed E-state index contributed by atoms with van der Waals surface area (Å²) in [6.07, 6.45) is 5.59. The number of furan rings is 1. The number of hydrogen-bond donors (Lipinski definition) is 1. The number of fused-ring (bicyclic) bond motifs is 1. The molecule has 0 aliphatic carbocycles. The van der Waals surface area contributed by atoms with E-state index < -0.39 is 17.8 Å². The van der Waals surface area contributed by atoms with Crippen LogP contribution in [0.2, 0.25) is 5.02 Å². The van der Waals surface area contributed by atoms with E-state index in [1.165, 1.54) is 12.3 Å². The van der Waals surface area contributed by atoms with Crippen LogP contribution in [0, 0.1) is 0 Å². The van der Waals surface area contributed by atoms with Crippen molar-refractivity contribution in [3.8, 4) is 5.75 Å². The molecule has 8 nitrogen and oxygen atoms in total. The number of carbonyl (C=O) groups excluding carboxylic acids is 3. The summed E-state index contributed by atoms with van der Waals surface area (Å²) >= 11 is 6.15. The molecule has 4 amide bonds. The van der Waals surface area contributed by atoms with Crippen molar-refractivity contribution in [2.75, 3.05) is 6.61 Å². The van der Waals surface area contributed by atoms with Gasteiger partial charge in [-0.05, 0) is 42.8 Å². The monoisotopic (exact) mass is 503 g/mol. The summed E-state index contributed by atoms with van der Waals surface area (Å²) in [6, 6.07) is 17.6. The predicted molar refractivity (Wildman–Crippen MR) is 134 cm³/mol. The van der Waals surface area contributed by atoms with Gasteiger partial charge in [0.2, 0.25) is 0 Å². The van der Waals surface area contributed by atoms with Gasteiger partial charge in [0.05, 0.1) is 24.4 Å². The lowest BCUT2D eigenvalue weighted by Crippen LogP contribution is -2.53. The van der Waals surface area contributed by atoms with Crippen molar-refractivity contribution < 1.29 is 23.5 Å². The van der Waals surface area contributed by atoms with E-state index in [-0.39, 0.29) is 12.1 Å². The third kappa shape index (κ3) is 4.76. The van der Waals surface area contributed by atoms with Gasteiger partial charge in [-0.2, -0.15) is 0 Å². The first kappa shape index (κ1) is 23.4. The number of aryl methyl sites for hydroxylation is 1. The molecule has 1 aliphatic heterocycles. The first-order valence-electron chi connectivity index (χ1n) is 11.4. The molecular formula is C27H22ClN3O5. The minimum Gasteiger partial charge on any atom is -0.492 e. The zero-order valence-electron chi connectivity index (χ0n) is 19.1. The van der Waals surface area contributed by atoms with E-state index in [1.807, 2.05) is 48.7 Å². The molecule has 9 heteroatoms. The van der Waals surface area contributed by atoms with Gasteiger partial charge in [0.15, 0.2) is 0 Å². The maximum atomic E-state index is 13.1. The van der Waals surface area contributed by atoms with Gasteiger partial charge in [0.25, 0.3) is 11.8 Å². The van der Waals surface area contributed by atoms with Crippen molar-refractivity contribution in [2.45, 2.75) is 19.5 Å². The number of urea groups is 1. The van der Waals surface area contributed by atoms with Crippen LogP contribution in [0.15, 0.2) is 83.1 Å². The largest absolute Gasteiger partial charge is 0.492 e. The molecule has 0 atom stereocenters. The number of carbonyl (C=O) groups is 3. The normalized spacial score (nSPS) is 15.1. The molecule has 36 heavy (non-hydrogen) atoms. The summed E-state index contributed by atoms with van der Waals surface area (Å²) in [4.78, 5) is 38.9. The molecule has 4 aromatic rings. The van der Waals surface area contributed by atoms with Crippen LogP contribution in [-0.2, 0) is 22.7 Å². The van der Waals surface area contributed by atoms with Crippen LogP contribution >= 0.6 is 11.6 Å². The molecule has 5 rings (SSSR count). The fourth-order valence-electron chi connectivity index (χ4n) is 4.11. The minimum absolute atomic E-state index is 0.0739. The molecule has 0 saturated carbocycles. The lowest BCUT2D eigenvalue weighted by molar-refractivity contribution is -0.130. The average Bonchev–Trinajstić information content (AvgIpc) is 3.51. The second kappa shape index (κ2) is 10.1. The van der Waals surface area contributed by atoms with Crippen LogP contribution < -0.4 is 10.1 Å². The van der Waals surface area contributed by atoms with Crippen molar-refractivity contribution >= 4 is 46.4 Å². The Hall–Kier alpha value is -4.30. The fraction of sp³-hybridized carbons (Fsp3) is 0.148. The van der Waals surface area contributed by atoms with E-state index in [1.54, 1.807) is 18.2 Å². The van der Waals surface area contributed by atoms with Gasteiger partial charge in [0, 0.05) is 29.2 Å². The molecule has 1 fully saturated rings. The number of nitrogens with one attached hydrogen (secondary N) is 1. The number of barbiturate groups is 1. The SMILES string of the molecule is O=C1NC(=O)N(Cc2ccco2)C(=O)C1=Cc1cn(CCCOc2ccccc2Cl)c2ccccc12. The molecule has 2 aromatic heterocycles. The van der Waals surface area contributed by atoms with Gasteiger partial charge >= 0.3 is 6.03 Å². The van der Waals surface area contributed by atoms with Crippen LogP contribution in [0.3, 0.4) is 0 Å². The van der Waals surface area contributed by atoms with Crippen molar-refractivity contribution in [1.29, 1.82) is 0 Å². The Morgan fingerprint density at radius 2 is 1.81 bits per heavy atom. The molecule has 2 aromatic carbocycles. The summed E-state index contributed by atoms with van der Waals surface area (Å²) in [6.45, 7) is 1.05. The highest BCUT2D eigenvalue weighted by Crippen LogP contribution is 2.26. The highest BCUT2D eigenvalue weighted by Gasteiger charge is 2.36. The molecule has 1 saturated heterocycles. The minimum atomic E-state index is -0.778. The number of benzene rings is 2. The fourth-order valence-corrected chi connectivity index (χ4v) is 4.30. The van der Waals surface area contributed by atoms with Crippen LogP contribution in [-0.4, -0.2) is 33.9 Å². The van der Waals surface area contributed by atoms with Gasteiger partial charge < -0.3 is 13.7 Å². The zero-order chi connectivity index (χ0) is 25.1. The third-order valence-corrected chi connectivity index (χ3v) is 6.15. The summed E-state index contributed by atoms with van der Waals surface area (Å²) in [7, 11) is 0. The number of nitrogens with zero attached hydrogens (tertiary/aromatic N) is 2. The molecule has 0 spiro atoms. The highest BCUT2D eigenvalue weighted by molar-refractivity contribution is 6.32. The number of aromatic nitrogens is 1. The number of rotatable bonds is 8. The molecule has 0 unspecified atom stereocenters. The summed E-state index contributed by atoms with van der Waals surface area (Å²) < 4.78 is 13.1. The summed E-state index contributed by atoms with van der Waals surface area (Å²) in [5.74, 6) is -0.337. The van der Waals surface area contributed by atoms with E-state index in [4.69, 9.17) is 20.8 Å². The van der Waals surface area contributed by atoms with Crippen LogP contribution in [0.5, 0.6) is 5.75 Å². The van der Waals surface area contributed by atoms with Crippen LogP contribution in [0.1, 0.15) is 17.7 Å². The number of para-hydroxylation sites is 2. The maximum absolute atomic E-state index is 13.1.